The molecule has 1 aliphatic carbocycles. The molecule has 1 heterocycles. The molecule has 5 N–H and O–H groups in total. The summed E-state index contributed by atoms with van der Waals surface area (Å²) in [6.45, 7) is 1.53. The Kier molecular flexibility index (Phi) is 4.73. The van der Waals surface area contributed by atoms with Crippen LogP contribution in [0.1, 0.15) is 30.9 Å². The minimum atomic E-state index is 0.374. The van der Waals surface area contributed by atoms with E-state index in [9.17, 15) is 0 Å². The lowest BCUT2D eigenvalue weighted by atomic mass is 10.3. The number of nitrogens with two attached hydrogens (primary N) is 2. The Morgan fingerprint density at radius 1 is 1.40 bits per heavy atom. The molecular formula is C13H23N7. The molecule has 0 radical (unpaired) electrons. The zero-order valence-corrected chi connectivity index (χ0v) is 12.1. The lowest BCUT2D eigenvalue weighted by Gasteiger charge is -2.06. The maximum atomic E-state index is 5.86. The van der Waals surface area contributed by atoms with Crippen LogP contribution in [0.5, 0.6) is 0 Å². The van der Waals surface area contributed by atoms with Crippen LogP contribution in [0, 0.1) is 0 Å². The van der Waals surface area contributed by atoms with E-state index >= 15 is 0 Å². The van der Waals surface area contributed by atoms with Crippen LogP contribution in [0.15, 0.2) is 16.1 Å². The minimum absolute atomic E-state index is 0.374. The van der Waals surface area contributed by atoms with Crippen molar-refractivity contribution in [2.75, 3.05) is 27.2 Å². The average molecular weight is 277 g/mol. The highest BCUT2D eigenvalue weighted by atomic mass is 15.2. The lowest BCUT2D eigenvalue weighted by Crippen LogP contribution is -2.24. The number of hydrogen-bond acceptors (Lipinski definition) is 4. The van der Waals surface area contributed by atoms with Crippen molar-refractivity contribution >= 4 is 17.5 Å². The van der Waals surface area contributed by atoms with Crippen LogP contribution in [-0.4, -0.2) is 54.0 Å². The van der Waals surface area contributed by atoms with Gasteiger partial charge in [0.1, 0.15) is 11.7 Å². The molecule has 0 saturated heterocycles. The zero-order valence-electron chi connectivity index (χ0n) is 12.1. The van der Waals surface area contributed by atoms with Crippen molar-refractivity contribution in [2.45, 2.75) is 25.2 Å². The summed E-state index contributed by atoms with van der Waals surface area (Å²) in [5.41, 5.74) is 12.8. The van der Waals surface area contributed by atoms with Crippen LogP contribution in [0.25, 0.3) is 0 Å². The lowest BCUT2D eigenvalue weighted by molar-refractivity contribution is 0.420. The molecule has 7 heteroatoms. The van der Waals surface area contributed by atoms with Gasteiger partial charge in [-0.2, -0.15) is 5.10 Å². The van der Waals surface area contributed by atoms with Gasteiger partial charge in [-0.15, -0.1) is 0 Å². The Labute approximate surface area is 119 Å². The van der Waals surface area contributed by atoms with Gasteiger partial charge in [-0.3, -0.25) is 10.1 Å². The van der Waals surface area contributed by atoms with E-state index in [2.05, 4.69) is 25.1 Å². The van der Waals surface area contributed by atoms with Crippen molar-refractivity contribution in [3.05, 3.63) is 11.8 Å². The number of aromatic nitrogens is 2. The number of likely N-dealkylation sites (N-methyl/N-ethyl adjacent to an activating group) is 1. The van der Waals surface area contributed by atoms with Gasteiger partial charge in [0.2, 0.25) is 0 Å². The number of nitrogens with one attached hydrogen (secondary N) is 1. The normalized spacial score (nSPS) is 16.9. The Hall–Kier alpha value is -1.89. The smallest absolute Gasteiger partial charge is 0.175 e. The van der Waals surface area contributed by atoms with Crippen molar-refractivity contribution in [1.82, 2.24) is 15.1 Å². The number of amidine groups is 2. The van der Waals surface area contributed by atoms with Gasteiger partial charge in [0, 0.05) is 24.2 Å². The van der Waals surface area contributed by atoms with Crippen molar-refractivity contribution in [2.24, 2.45) is 21.5 Å². The summed E-state index contributed by atoms with van der Waals surface area (Å²) in [6.07, 6.45) is 2.83. The third-order valence-corrected chi connectivity index (χ3v) is 3.08. The predicted molar refractivity (Wildman–Crippen MR) is 81.5 cm³/mol. The van der Waals surface area contributed by atoms with E-state index in [1.54, 1.807) is 0 Å². The summed E-state index contributed by atoms with van der Waals surface area (Å²) in [5.74, 6) is 2.19. The fourth-order valence-electron chi connectivity index (χ4n) is 1.81. The van der Waals surface area contributed by atoms with E-state index in [1.165, 1.54) is 12.8 Å². The molecule has 1 saturated carbocycles. The molecule has 2 rings (SSSR count). The summed E-state index contributed by atoms with van der Waals surface area (Å²) in [5, 5.41) is 7.12. The number of rotatable bonds is 7. The number of nitrogens with zero attached hydrogens (tertiary/aromatic N) is 4. The number of aliphatic imine (C=N–C) groups is 2. The fourth-order valence-corrected chi connectivity index (χ4v) is 1.81. The predicted octanol–water partition coefficient (Wildman–Crippen LogP) is 0.585. The van der Waals surface area contributed by atoms with Crippen LogP contribution in [0.3, 0.4) is 0 Å². The first-order valence-electron chi connectivity index (χ1n) is 6.86. The molecule has 0 bridgehead atoms. The first-order chi connectivity index (χ1) is 9.54. The van der Waals surface area contributed by atoms with Gasteiger partial charge in [-0.1, -0.05) is 0 Å². The van der Waals surface area contributed by atoms with Crippen molar-refractivity contribution in [3.8, 4) is 0 Å². The quantitative estimate of drug-likeness (QED) is 0.500. The first-order valence-corrected chi connectivity index (χ1v) is 6.86. The Morgan fingerprint density at radius 3 is 2.80 bits per heavy atom. The van der Waals surface area contributed by atoms with Gasteiger partial charge in [-0.25, -0.2) is 4.99 Å². The second-order valence-corrected chi connectivity index (χ2v) is 5.41. The molecule has 0 atom stereocenters. The van der Waals surface area contributed by atoms with Gasteiger partial charge in [0.25, 0.3) is 0 Å². The maximum absolute atomic E-state index is 5.86. The fraction of sp³-hybridized carbons (Fsp3) is 0.615. The zero-order chi connectivity index (χ0) is 14.5. The van der Waals surface area contributed by atoms with Gasteiger partial charge in [0.15, 0.2) is 5.82 Å². The summed E-state index contributed by atoms with van der Waals surface area (Å²) < 4.78 is 0. The average Bonchev–Trinajstić information content (AvgIpc) is 3.10. The first kappa shape index (κ1) is 14.5. The van der Waals surface area contributed by atoms with Gasteiger partial charge in [-0.05, 0) is 26.9 Å². The van der Waals surface area contributed by atoms with E-state index in [0.29, 0.717) is 36.4 Å². The summed E-state index contributed by atoms with van der Waals surface area (Å²) >= 11 is 0. The van der Waals surface area contributed by atoms with Crippen molar-refractivity contribution in [1.29, 1.82) is 0 Å². The molecular weight excluding hydrogens is 254 g/mol. The number of aromatic amines is 1. The van der Waals surface area contributed by atoms with Crippen molar-refractivity contribution in [3.63, 3.8) is 0 Å². The number of H-pyrrole nitrogens is 1. The summed E-state index contributed by atoms with van der Waals surface area (Å²) in [6, 6.07) is 1.95. The Balaban J connectivity index is 1.85. The summed E-state index contributed by atoms with van der Waals surface area (Å²) in [4.78, 5) is 10.6. The molecule has 1 aromatic rings. The van der Waals surface area contributed by atoms with Crippen LogP contribution >= 0.6 is 0 Å². The molecule has 0 unspecified atom stereocenters. The highest BCUT2D eigenvalue weighted by Gasteiger charge is 2.25. The van der Waals surface area contributed by atoms with E-state index < -0.39 is 0 Å². The minimum Gasteiger partial charge on any atom is -0.387 e. The Bertz CT molecular complexity index is 497. The molecule has 7 nitrogen and oxygen atoms in total. The second-order valence-electron chi connectivity index (χ2n) is 5.41. The third-order valence-electron chi connectivity index (χ3n) is 3.08. The molecule has 110 valence electrons. The molecule has 0 spiro atoms. The SMILES string of the molecule is CN(C)CCN=C(N)CC(N)=Nc1cc(C2CC2)[nH]n1. The molecule has 0 amide bonds. The van der Waals surface area contributed by atoms with Crippen LogP contribution < -0.4 is 11.5 Å². The van der Waals surface area contributed by atoms with E-state index in [1.807, 2.05) is 20.2 Å². The molecule has 0 aromatic carbocycles. The maximum Gasteiger partial charge on any atom is 0.175 e. The molecule has 1 fully saturated rings. The van der Waals surface area contributed by atoms with Crippen LogP contribution in [-0.2, 0) is 0 Å². The molecule has 0 aliphatic heterocycles. The second kappa shape index (κ2) is 6.51. The van der Waals surface area contributed by atoms with Gasteiger partial charge >= 0.3 is 0 Å². The van der Waals surface area contributed by atoms with E-state index in [4.69, 9.17) is 11.5 Å². The standard InChI is InChI=1S/C13H23N7/c1-20(2)6-5-16-11(14)8-12(15)17-13-7-10(18-19-13)9-3-4-9/h7,9H,3-6,8H2,1-2H3,(H2,14,16)(H3,15,17,18,19). The molecule has 1 aliphatic rings. The topological polar surface area (TPSA) is 109 Å². The monoisotopic (exact) mass is 277 g/mol. The summed E-state index contributed by atoms with van der Waals surface area (Å²) in [7, 11) is 3.99. The molecule has 20 heavy (non-hydrogen) atoms. The van der Waals surface area contributed by atoms with Gasteiger partial charge < -0.3 is 16.4 Å². The van der Waals surface area contributed by atoms with Gasteiger partial charge in [0.05, 0.1) is 13.0 Å². The van der Waals surface area contributed by atoms with E-state index in [-0.39, 0.29) is 0 Å². The largest absolute Gasteiger partial charge is 0.387 e. The van der Waals surface area contributed by atoms with Crippen LogP contribution in [0.4, 0.5) is 5.82 Å². The third kappa shape index (κ3) is 4.65. The molecule has 1 aromatic heterocycles. The highest BCUT2D eigenvalue weighted by Crippen LogP contribution is 2.39. The van der Waals surface area contributed by atoms with E-state index in [0.717, 1.165) is 12.2 Å². The van der Waals surface area contributed by atoms with Crippen molar-refractivity contribution < 1.29 is 0 Å². The Morgan fingerprint density at radius 2 is 2.15 bits per heavy atom. The highest BCUT2D eigenvalue weighted by molar-refractivity contribution is 6.01. The number of hydrogen-bond donors (Lipinski definition) is 3. The van der Waals surface area contributed by atoms with Crippen LogP contribution in [0.2, 0.25) is 0 Å².